The van der Waals surface area contributed by atoms with Gasteiger partial charge >= 0.3 is 0 Å². The predicted octanol–water partition coefficient (Wildman–Crippen LogP) is 2.89. The van der Waals surface area contributed by atoms with Crippen molar-refractivity contribution in [3.63, 3.8) is 0 Å². The average molecular weight is 468 g/mol. The molecule has 0 bridgehead atoms. The van der Waals surface area contributed by atoms with Gasteiger partial charge in [0.2, 0.25) is 6.08 Å². The molecule has 0 aliphatic carbocycles. The second kappa shape index (κ2) is 9.58. The fourth-order valence-electron chi connectivity index (χ4n) is 3.67. The van der Waals surface area contributed by atoms with E-state index in [4.69, 9.17) is 0 Å². The van der Waals surface area contributed by atoms with Gasteiger partial charge in [0.1, 0.15) is 12.0 Å². The Morgan fingerprint density at radius 2 is 1.91 bits per heavy atom. The van der Waals surface area contributed by atoms with Crippen molar-refractivity contribution in [2.45, 2.75) is 50.3 Å². The minimum Gasteiger partial charge on any atom is -0.292 e. The fourth-order valence-corrected chi connectivity index (χ4v) is 4.81. The molecule has 32 heavy (non-hydrogen) atoms. The first-order valence-corrected chi connectivity index (χ1v) is 11.8. The first kappa shape index (κ1) is 24.2. The molecule has 0 radical (unpaired) electrons. The molecule has 1 fully saturated rings. The zero-order valence-electron chi connectivity index (χ0n) is 18.5. The molecule has 1 N–H and O–H groups in total. The molecule has 2 heterocycles. The summed E-state index contributed by atoms with van der Waals surface area (Å²) >= 11 is 0. The van der Waals surface area contributed by atoms with Crippen LogP contribution in [-0.4, -0.2) is 55.0 Å². The number of sulfonamides is 1. The average Bonchev–Trinajstić information content (AvgIpc) is 3.07. The Bertz CT molecular complexity index is 1140. The van der Waals surface area contributed by atoms with Crippen LogP contribution in [0.15, 0.2) is 28.2 Å². The van der Waals surface area contributed by atoms with Gasteiger partial charge in [0.25, 0.3) is 10.0 Å². The Morgan fingerprint density at radius 3 is 2.50 bits per heavy atom. The number of halogens is 2. The van der Waals surface area contributed by atoms with Crippen molar-refractivity contribution in [2.24, 2.45) is 12.0 Å². The number of carbonyl (C=O) groups excluding carboxylic acids is 1. The first-order valence-electron chi connectivity index (χ1n) is 10.3. The third kappa shape index (κ3) is 5.29. The summed E-state index contributed by atoms with van der Waals surface area (Å²) in [6, 6.07) is 4.03. The molecular weight excluding hydrogens is 440 g/mol. The molecule has 11 heteroatoms. The molecule has 174 valence electrons. The number of hydrogen-bond acceptors (Lipinski definition) is 6. The van der Waals surface area contributed by atoms with Crippen molar-refractivity contribution in [3.8, 4) is 0 Å². The number of rotatable bonds is 9. The molecule has 1 aromatic carbocycles. The number of aliphatic imine (C=N–C) groups is 1. The van der Waals surface area contributed by atoms with Crippen molar-refractivity contribution in [3.05, 3.63) is 40.8 Å². The Kier molecular flexibility index (Phi) is 7.24. The van der Waals surface area contributed by atoms with Crippen LogP contribution in [0.5, 0.6) is 0 Å². The van der Waals surface area contributed by atoms with E-state index in [0.717, 1.165) is 0 Å². The molecule has 0 spiro atoms. The summed E-state index contributed by atoms with van der Waals surface area (Å²) in [6.45, 7) is 6.41. The summed E-state index contributed by atoms with van der Waals surface area (Å²) in [5, 5.41) is 3.93. The molecule has 0 amide bonds. The smallest absolute Gasteiger partial charge is 0.259 e. The highest BCUT2D eigenvalue weighted by Crippen LogP contribution is 2.35. The summed E-state index contributed by atoms with van der Waals surface area (Å²) in [5.41, 5.74) is 1.93. The van der Waals surface area contributed by atoms with Gasteiger partial charge in [0, 0.05) is 39.3 Å². The molecule has 0 saturated carbocycles. The van der Waals surface area contributed by atoms with Crippen LogP contribution < -0.4 is 4.72 Å². The highest BCUT2D eigenvalue weighted by atomic mass is 32.2. The van der Waals surface area contributed by atoms with Gasteiger partial charge in [-0.25, -0.2) is 26.7 Å². The third-order valence-electron chi connectivity index (χ3n) is 5.55. The molecule has 1 aliphatic heterocycles. The Hall–Kier alpha value is -2.46. The number of aryl methyl sites for hydroxylation is 1. The molecule has 1 atom stereocenters. The quantitative estimate of drug-likeness (QED) is 0.452. The van der Waals surface area contributed by atoms with Crippen molar-refractivity contribution >= 4 is 21.8 Å². The number of aromatic nitrogens is 2. The van der Waals surface area contributed by atoms with Crippen LogP contribution in [-0.2, 0) is 28.4 Å². The van der Waals surface area contributed by atoms with Gasteiger partial charge in [-0.05, 0) is 35.1 Å². The van der Waals surface area contributed by atoms with Gasteiger partial charge in [-0.3, -0.25) is 9.58 Å². The van der Waals surface area contributed by atoms with Crippen LogP contribution in [0.4, 0.5) is 14.5 Å². The zero-order valence-corrected chi connectivity index (χ0v) is 19.3. The van der Waals surface area contributed by atoms with E-state index in [1.165, 1.54) is 29.0 Å². The van der Waals surface area contributed by atoms with E-state index in [2.05, 4.69) is 14.8 Å². The number of likely N-dealkylation sites (tertiary alicyclic amines) is 1. The van der Waals surface area contributed by atoms with Crippen LogP contribution >= 0.6 is 0 Å². The Balaban J connectivity index is 1.77. The summed E-state index contributed by atoms with van der Waals surface area (Å²) in [6.07, 6.45) is 0.657. The lowest BCUT2D eigenvalue weighted by Crippen LogP contribution is -2.47. The molecular formula is C21H27F2N5O3S. The summed E-state index contributed by atoms with van der Waals surface area (Å²) in [5.74, 6) is -1.05. The fraction of sp³-hybridized carbons (Fsp3) is 0.524. The van der Waals surface area contributed by atoms with Gasteiger partial charge in [-0.1, -0.05) is 20.8 Å². The lowest BCUT2D eigenvalue weighted by Gasteiger charge is -2.33. The number of hydrogen-bond donors (Lipinski definition) is 1. The van der Waals surface area contributed by atoms with E-state index in [0.29, 0.717) is 42.1 Å². The zero-order chi connectivity index (χ0) is 23.6. The normalized spacial score (nSPS) is 16.1. The van der Waals surface area contributed by atoms with Gasteiger partial charge in [0.05, 0.1) is 11.4 Å². The highest BCUT2D eigenvalue weighted by molar-refractivity contribution is 7.89. The Labute approximate surface area is 186 Å². The number of isocyanates is 1. The molecule has 1 aromatic heterocycles. The van der Waals surface area contributed by atoms with Gasteiger partial charge in [0.15, 0.2) is 5.03 Å². The molecule has 1 saturated heterocycles. The standard InChI is InChI=1S/C21H27F2N5O3S/c1-13(2)18-5-15(22)6-19(21(18)24-12-29)14(3)8-25-32(30,31)20-7-17(27(4)26-20)11-28-9-16(23)10-28/h5-7,13-14,16,25H,8-11H2,1-4H3. The Morgan fingerprint density at radius 1 is 1.25 bits per heavy atom. The maximum atomic E-state index is 14.2. The van der Waals surface area contributed by atoms with Crippen LogP contribution in [0.3, 0.4) is 0 Å². The van der Waals surface area contributed by atoms with E-state index in [-0.39, 0.29) is 17.5 Å². The van der Waals surface area contributed by atoms with Gasteiger partial charge in [-0.15, -0.1) is 0 Å². The van der Waals surface area contributed by atoms with Crippen molar-refractivity contribution in [1.82, 2.24) is 19.4 Å². The predicted molar refractivity (Wildman–Crippen MR) is 115 cm³/mol. The molecule has 2 aromatic rings. The van der Waals surface area contributed by atoms with Gasteiger partial charge in [-0.2, -0.15) is 10.1 Å². The monoisotopic (exact) mass is 467 g/mol. The molecule has 8 nitrogen and oxygen atoms in total. The second-order valence-corrected chi connectivity index (χ2v) is 10.1. The van der Waals surface area contributed by atoms with E-state index in [1.807, 2.05) is 18.7 Å². The summed E-state index contributed by atoms with van der Waals surface area (Å²) < 4.78 is 56.8. The molecule has 1 aliphatic rings. The van der Waals surface area contributed by atoms with E-state index >= 15 is 0 Å². The maximum Gasteiger partial charge on any atom is 0.259 e. The lowest BCUT2D eigenvalue weighted by atomic mass is 9.92. The van der Waals surface area contributed by atoms with Crippen LogP contribution in [0.1, 0.15) is 49.4 Å². The SMILES string of the molecule is CC(C)c1cc(F)cc(C(C)CNS(=O)(=O)c2cc(CN3CC(F)C3)n(C)n2)c1N=C=O. The van der Waals surface area contributed by atoms with E-state index in [1.54, 1.807) is 14.0 Å². The highest BCUT2D eigenvalue weighted by Gasteiger charge is 2.28. The largest absolute Gasteiger partial charge is 0.292 e. The van der Waals surface area contributed by atoms with Crippen LogP contribution in [0.2, 0.25) is 0 Å². The van der Waals surface area contributed by atoms with Crippen molar-refractivity contribution in [1.29, 1.82) is 0 Å². The van der Waals surface area contributed by atoms with Crippen molar-refractivity contribution < 1.29 is 22.0 Å². The number of alkyl halides is 1. The minimum atomic E-state index is -3.94. The third-order valence-corrected chi connectivity index (χ3v) is 6.85. The second-order valence-electron chi connectivity index (χ2n) is 8.43. The number of benzene rings is 1. The maximum absolute atomic E-state index is 14.2. The van der Waals surface area contributed by atoms with Gasteiger partial charge < -0.3 is 0 Å². The van der Waals surface area contributed by atoms with E-state index < -0.39 is 27.9 Å². The number of nitrogens with one attached hydrogen (secondary N) is 1. The summed E-state index contributed by atoms with van der Waals surface area (Å²) in [4.78, 5) is 16.6. The molecule has 1 unspecified atom stereocenters. The van der Waals surface area contributed by atoms with Crippen molar-refractivity contribution in [2.75, 3.05) is 19.6 Å². The molecule has 3 rings (SSSR count). The van der Waals surface area contributed by atoms with E-state index in [9.17, 15) is 22.0 Å². The topological polar surface area (TPSA) is 96.7 Å². The lowest BCUT2D eigenvalue weighted by molar-refractivity contribution is 0.0570. The van der Waals surface area contributed by atoms with Crippen LogP contribution in [0, 0.1) is 5.82 Å². The summed E-state index contributed by atoms with van der Waals surface area (Å²) in [7, 11) is -2.31. The van der Waals surface area contributed by atoms with Crippen LogP contribution in [0.25, 0.3) is 0 Å². The first-order chi connectivity index (χ1) is 15.0. The number of nitrogens with zero attached hydrogens (tertiary/aromatic N) is 4. The minimum absolute atomic E-state index is 0.0493.